The summed E-state index contributed by atoms with van der Waals surface area (Å²) in [6, 6.07) is 0. The van der Waals surface area contributed by atoms with E-state index in [0.29, 0.717) is 18.8 Å². The Morgan fingerprint density at radius 1 is 1.21 bits per heavy atom. The number of hydrogen-bond donors (Lipinski definition) is 1. The van der Waals surface area contributed by atoms with Crippen molar-refractivity contribution in [3.63, 3.8) is 0 Å². The van der Waals surface area contributed by atoms with Gasteiger partial charge < -0.3 is 5.11 Å². The van der Waals surface area contributed by atoms with Crippen molar-refractivity contribution >= 4 is 0 Å². The van der Waals surface area contributed by atoms with E-state index < -0.39 is 11.3 Å². The fourth-order valence-corrected chi connectivity index (χ4v) is 4.16. The lowest BCUT2D eigenvalue weighted by Crippen LogP contribution is -2.54. The van der Waals surface area contributed by atoms with Crippen molar-refractivity contribution in [2.24, 2.45) is 17.8 Å². The van der Waals surface area contributed by atoms with E-state index in [0.717, 1.165) is 25.7 Å². The average molecular weight is 198 g/mol. The molecule has 0 radical (unpaired) electrons. The largest absolute Gasteiger partial charge is 0.390 e. The Morgan fingerprint density at radius 2 is 1.79 bits per heavy atom. The molecule has 4 bridgehead atoms. The molecular weight excluding hydrogens is 179 g/mol. The number of rotatable bonds is 0. The summed E-state index contributed by atoms with van der Waals surface area (Å²) in [6.45, 7) is 1.93. The first-order chi connectivity index (χ1) is 6.50. The van der Waals surface area contributed by atoms with Crippen molar-refractivity contribution in [2.75, 3.05) is 0 Å². The summed E-state index contributed by atoms with van der Waals surface area (Å²) < 4.78 is 14.4. The van der Waals surface area contributed by atoms with E-state index in [1.165, 1.54) is 0 Å². The second kappa shape index (κ2) is 2.52. The van der Waals surface area contributed by atoms with Gasteiger partial charge in [-0.1, -0.05) is 0 Å². The molecule has 2 unspecified atom stereocenters. The molecule has 4 aliphatic rings. The predicted molar refractivity (Wildman–Crippen MR) is 52.6 cm³/mol. The van der Waals surface area contributed by atoms with Gasteiger partial charge in [0.15, 0.2) is 0 Å². The van der Waals surface area contributed by atoms with Crippen LogP contribution in [-0.2, 0) is 0 Å². The van der Waals surface area contributed by atoms with Crippen LogP contribution in [0.15, 0.2) is 0 Å². The van der Waals surface area contributed by atoms with Crippen LogP contribution in [0.4, 0.5) is 4.39 Å². The molecule has 4 saturated carbocycles. The standard InChI is InChI=1S/C12H19FO/c1-11(14)9-4-8-2-3-12(13,6-9)7-10(11)5-8/h8-10,14H,2-7H2,1H3. The smallest absolute Gasteiger partial charge is 0.111 e. The quantitative estimate of drug-likeness (QED) is 0.634. The normalized spacial score (nSPS) is 61.5. The van der Waals surface area contributed by atoms with E-state index in [9.17, 15) is 9.50 Å². The van der Waals surface area contributed by atoms with Crippen LogP contribution >= 0.6 is 0 Å². The van der Waals surface area contributed by atoms with Gasteiger partial charge in [-0.25, -0.2) is 4.39 Å². The molecule has 2 heteroatoms. The van der Waals surface area contributed by atoms with Gasteiger partial charge in [0.05, 0.1) is 5.60 Å². The highest BCUT2D eigenvalue weighted by molar-refractivity contribution is 5.08. The Balaban J connectivity index is 2.00. The van der Waals surface area contributed by atoms with Crippen molar-refractivity contribution < 1.29 is 9.50 Å². The minimum Gasteiger partial charge on any atom is -0.390 e. The van der Waals surface area contributed by atoms with E-state index in [-0.39, 0.29) is 11.8 Å². The predicted octanol–water partition coefficient (Wildman–Crippen LogP) is 2.68. The Bertz CT molecular complexity index is 243. The molecular formula is C12H19FO. The maximum Gasteiger partial charge on any atom is 0.111 e. The summed E-state index contributed by atoms with van der Waals surface area (Å²) in [5.41, 5.74) is -1.50. The Kier molecular flexibility index (Phi) is 1.65. The van der Waals surface area contributed by atoms with Gasteiger partial charge in [0.1, 0.15) is 5.67 Å². The third-order valence-electron chi connectivity index (χ3n) is 5.11. The third kappa shape index (κ3) is 1.09. The summed E-state index contributed by atoms with van der Waals surface area (Å²) in [4.78, 5) is 0. The molecule has 0 amide bonds. The molecule has 0 spiro atoms. The molecule has 1 nitrogen and oxygen atoms in total. The second-order valence-corrected chi connectivity index (χ2v) is 6.05. The van der Waals surface area contributed by atoms with Crippen molar-refractivity contribution in [1.82, 2.24) is 0 Å². The number of aliphatic hydroxyl groups is 1. The molecule has 4 aliphatic carbocycles. The lowest BCUT2D eigenvalue weighted by molar-refractivity contribution is -0.145. The minimum absolute atomic E-state index is 0.229. The molecule has 0 aromatic carbocycles. The summed E-state index contributed by atoms with van der Waals surface area (Å²) in [7, 11) is 0. The van der Waals surface area contributed by atoms with Crippen molar-refractivity contribution in [3.8, 4) is 0 Å². The molecule has 1 N–H and O–H groups in total. The maximum atomic E-state index is 14.4. The van der Waals surface area contributed by atoms with E-state index in [2.05, 4.69) is 0 Å². The Morgan fingerprint density at radius 3 is 2.36 bits per heavy atom. The summed E-state index contributed by atoms with van der Waals surface area (Å²) in [5.74, 6) is 1.16. The van der Waals surface area contributed by atoms with Crippen LogP contribution in [0.1, 0.15) is 45.4 Å². The molecule has 0 aliphatic heterocycles. The third-order valence-corrected chi connectivity index (χ3v) is 5.11. The van der Waals surface area contributed by atoms with Gasteiger partial charge in [-0.2, -0.15) is 0 Å². The van der Waals surface area contributed by atoms with Gasteiger partial charge in [0.2, 0.25) is 0 Å². The Hall–Kier alpha value is -0.110. The molecule has 2 atom stereocenters. The molecule has 0 saturated heterocycles. The van der Waals surface area contributed by atoms with Crippen LogP contribution in [0.2, 0.25) is 0 Å². The number of fused-ring (bicyclic) bond motifs is 1. The van der Waals surface area contributed by atoms with Crippen LogP contribution in [0.3, 0.4) is 0 Å². The highest BCUT2D eigenvalue weighted by atomic mass is 19.1. The zero-order chi connectivity index (χ0) is 9.97. The molecule has 14 heavy (non-hydrogen) atoms. The molecule has 4 rings (SSSR count). The fourth-order valence-electron chi connectivity index (χ4n) is 4.16. The first-order valence-corrected chi connectivity index (χ1v) is 5.91. The van der Waals surface area contributed by atoms with Gasteiger partial charge in [-0.3, -0.25) is 0 Å². The monoisotopic (exact) mass is 198 g/mol. The first-order valence-electron chi connectivity index (χ1n) is 5.91. The highest BCUT2D eigenvalue weighted by Crippen LogP contribution is 2.58. The van der Waals surface area contributed by atoms with E-state index in [1.807, 2.05) is 6.92 Å². The number of halogens is 1. The molecule has 0 heterocycles. The average Bonchev–Trinajstić information content (AvgIpc) is 2.28. The Labute approximate surface area is 84.7 Å². The lowest BCUT2D eigenvalue weighted by Gasteiger charge is -2.51. The van der Waals surface area contributed by atoms with Gasteiger partial charge >= 0.3 is 0 Å². The van der Waals surface area contributed by atoms with Crippen molar-refractivity contribution in [2.45, 2.75) is 56.7 Å². The second-order valence-electron chi connectivity index (χ2n) is 6.05. The van der Waals surface area contributed by atoms with Gasteiger partial charge in [-0.05, 0) is 63.2 Å². The maximum absolute atomic E-state index is 14.4. The zero-order valence-electron chi connectivity index (χ0n) is 8.80. The van der Waals surface area contributed by atoms with Gasteiger partial charge in [-0.15, -0.1) is 0 Å². The van der Waals surface area contributed by atoms with Crippen molar-refractivity contribution in [1.29, 1.82) is 0 Å². The fraction of sp³-hybridized carbons (Fsp3) is 1.00. The topological polar surface area (TPSA) is 20.2 Å². The van der Waals surface area contributed by atoms with Gasteiger partial charge in [0.25, 0.3) is 0 Å². The number of alkyl halides is 1. The van der Waals surface area contributed by atoms with E-state index >= 15 is 0 Å². The van der Waals surface area contributed by atoms with Crippen LogP contribution in [0, 0.1) is 17.8 Å². The van der Waals surface area contributed by atoms with Crippen LogP contribution < -0.4 is 0 Å². The summed E-state index contributed by atoms with van der Waals surface area (Å²) in [5, 5.41) is 10.4. The molecule has 80 valence electrons. The lowest BCUT2D eigenvalue weighted by atomic mass is 9.58. The zero-order valence-corrected chi connectivity index (χ0v) is 8.80. The minimum atomic E-state index is -0.928. The first kappa shape index (κ1) is 9.14. The van der Waals surface area contributed by atoms with Crippen LogP contribution in [0.5, 0.6) is 0 Å². The molecule has 4 fully saturated rings. The van der Waals surface area contributed by atoms with E-state index in [1.54, 1.807) is 0 Å². The number of hydrogen-bond acceptors (Lipinski definition) is 1. The van der Waals surface area contributed by atoms with Crippen molar-refractivity contribution in [3.05, 3.63) is 0 Å². The highest BCUT2D eigenvalue weighted by Gasteiger charge is 2.57. The van der Waals surface area contributed by atoms with E-state index in [4.69, 9.17) is 0 Å². The SMILES string of the molecule is CC1(O)C2CC3CCC(F)(C2)CC1C3. The van der Waals surface area contributed by atoms with Crippen LogP contribution in [0.25, 0.3) is 0 Å². The molecule has 0 aromatic rings. The summed E-state index contributed by atoms with van der Waals surface area (Å²) >= 11 is 0. The summed E-state index contributed by atoms with van der Waals surface area (Å²) in [6.07, 6.45) is 5.17. The van der Waals surface area contributed by atoms with Gasteiger partial charge in [0, 0.05) is 0 Å². The molecule has 0 aromatic heterocycles. The van der Waals surface area contributed by atoms with Crippen LogP contribution in [-0.4, -0.2) is 16.4 Å².